The average Bonchev–Trinajstić information content (AvgIpc) is 1.89. The Kier molecular flexibility index (Phi) is 3.60. The summed E-state index contributed by atoms with van der Waals surface area (Å²) >= 11 is 0. The minimum atomic E-state index is 0.203. The molecule has 0 aliphatic heterocycles. The van der Waals surface area contributed by atoms with Gasteiger partial charge < -0.3 is 0 Å². The van der Waals surface area contributed by atoms with Crippen LogP contribution < -0.4 is 0 Å². The van der Waals surface area contributed by atoms with Crippen LogP contribution in [0.5, 0.6) is 0 Å². The number of hydrogen-bond acceptors (Lipinski definition) is 0. The zero-order valence-corrected chi connectivity index (χ0v) is 6.78. The molecule has 0 aliphatic carbocycles. The van der Waals surface area contributed by atoms with E-state index in [0.717, 1.165) is 12.8 Å². The van der Waals surface area contributed by atoms with Gasteiger partial charge in [-0.15, -0.1) is 0 Å². The third kappa shape index (κ3) is 2.69. The van der Waals surface area contributed by atoms with E-state index in [1.165, 1.54) is 0 Å². The predicted molar refractivity (Wildman–Crippen MR) is 43.2 cm³/mol. The largest absolute Gasteiger partial charge is 0.0911 e. The molecule has 0 atom stereocenters. The zero-order valence-electron chi connectivity index (χ0n) is 6.78. The molecule has 0 spiro atoms. The predicted octanol–water partition coefficient (Wildman–Crippen LogP) is 3.20. The van der Waals surface area contributed by atoms with Crippen LogP contribution in [0.4, 0.5) is 0 Å². The number of rotatable bonds is 3. The average molecular weight is 125 g/mol. The van der Waals surface area contributed by atoms with Crippen LogP contribution in [0.25, 0.3) is 0 Å². The molecule has 0 aliphatic rings. The zero-order chi connectivity index (χ0) is 7.33. The van der Waals surface area contributed by atoms with E-state index in [0.29, 0.717) is 0 Å². The van der Waals surface area contributed by atoms with Gasteiger partial charge in [0.1, 0.15) is 0 Å². The lowest BCUT2D eigenvalue weighted by Crippen LogP contribution is -2.09. The van der Waals surface area contributed by atoms with Crippen LogP contribution in [0.1, 0.15) is 33.6 Å². The Morgan fingerprint density at radius 2 is 1.78 bits per heavy atom. The summed E-state index contributed by atoms with van der Waals surface area (Å²) in [6, 6.07) is 0. The molecule has 0 aromatic heterocycles. The van der Waals surface area contributed by atoms with Crippen molar-refractivity contribution in [1.29, 1.82) is 0 Å². The van der Waals surface area contributed by atoms with Crippen molar-refractivity contribution < 1.29 is 0 Å². The highest BCUT2D eigenvalue weighted by Gasteiger charge is 2.13. The van der Waals surface area contributed by atoms with Gasteiger partial charge >= 0.3 is 0 Å². The minimum absolute atomic E-state index is 0.203. The van der Waals surface area contributed by atoms with Crippen LogP contribution in [0.15, 0.2) is 12.2 Å². The molecule has 1 radical (unpaired) electrons. The maximum atomic E-state index is 4.11. The molecule has 0 saturated heterocycles. The van der Waals surface area contributed by atoms with Crippen molar-refractivity contribution in [2.24, 2.45) is 5.41 Å². The van der Waals surface area contributed by atoms with Gasteiger partial charge in [0.25, 0.3) is 0 Å². The highest BCUT2D eigenvalue weighted by molar-refractivity contribution is 4.98. The standard InChI is InChI=1S/C9H17/c1-5-8-9(4,6-2)7-3/h5,8H,4,6-7H2,1-3H3. The van der Waals surface area contributed by atoms with Crippen LogP contribution in [0.2, 0.25) is 0 Å². The van der Waals surface area contributed by atoms with Crippen LogP contribution in [-0.4, -0.2) is 0 Å². The summed E-state index contributed by atoms with van der Waals surface area (Å²) in [5, 5.41) is 0. The lowest BCUT2D eigenvalue weighted by molar-refractivity contribution is 0.451. The van der Waals surface area contributed by atoms with E-state index in [9.17, 15) is 0 Å². The first-order valence-electron chi connectivity index (χ1n) is 3.67. The Hall–Kier alpha value is -0.260. The fraction of sp³-hybridized carbons (Fsp3) is 0.667. The van der Waals surface area contributed by atoms with Gasteiger partial charge in [-0.3, -0.25) is 0 Å². The van der Waals surface area contributed by atoms with Crippen LogP contribution in [-0.2, 0) is 0 Å². The first-order chi connectivity index (χ1) is 4.18. The summed E-state index contributed by atoms with van der Waals surface area (Å²) in [6.45, 7) is 10.5. The second-order valence-corrected chi connectivity index (χ2v) is 2.57. The Bertz CT molecular complexity index is 86.2. The van der Waals surface area contributed by atoms with E-state index < -0.39 is 0 Å². The molecule has 9 heavy (non-hydrogen) atoms. The molecule has 0 saturated carbocycles. The van der Waals surface area contributed by atoms with Crippen LogP contribution in [0.3, 0.4) is 0 Å². The second-order valence-electron chi connectivity index (χ2n) is 2.57. The molecule has 0 N–H and O–H groups in total. The smallest absolute Gasteiger partial charge is 0.0123 e. The Morgan fingerprint density at radius 3 is 1.89 bits per heavy atom. The van der Waals surface area contributed by atoms with Crippen molar-refractivity contribution in [1.82, 2.24) is 0 Å². The van der Waals surface area contributed by atoms with Crippen molar-refractivity contribution in [3.63, 3.8) is 0 Å². The first-order valence-corrected chi connectivity index (χ1v) is 3.67. The highest BCUT2D eigenvalue weighted by Crippen LogP contribution is 2.25. The molecule has 53 valence electrons. The summed E-state index contributed by atoms with van der Waals surface area (Å²) in [7, 11) is 0. The molecule has 0 aromatic rings. The number of hydrogen-bond donors (Lipinski definition) is 0. The first kappa shape index (κ1) is 8.74. The van der Waals surface area contributed by atoms with Crippen LogP contribution in [0, 0.1) is 12.3 Å². The van der Waals surface area contributed by atoms with Gasteiger partial charge in [-0.1, -0.05) is 26.0 Å². The fourth-order valence-corrected chi connectivity index (χ4v) is 0.839. The van der Waals surface area contributed by atoms with Crippen molar-refractivity contribution in [3.05, 3.63) is 19.1 Å². The normalized spacial score (nSPS) is 12.9. The lowest BCUT2D eigenvalue weighted by atomic mass is 9.84. The van der Waals surface area contributed by atoms with Crippen LogP contribution >= 0.6 is 0 Å². The fourth-order valence-electron chi connectivity index (χ4n) is 0.839. The molecule has 0 amide bonds. The van der Waals surface area contributed by atoms with Crippen molar-refractivity contribution in [2.45, 2.75) is 33.6 Å². The van der Waals surface area contributed by atoms with Gasteiger partial charge in [0.2, 0.25) is 0 Å². The lowest BCUT2D eigenvalue weighted by Gasteiger charge is -2.20. The summed E-state index contributed by atoms with van der Waals surface area (Å²) in [6.07, 6.45) is 6.54. The third-order valence-corrected chi connectivity index (χ3v) is 1.93. The molecule has 0 heteroatoms. The molecule has 0 heterocycles. The molecular weight excluding hydrogens is 108 g/mol. The van der Waals surface area contributed by atoms with Gasteiger partial charge in [0, 0.05) is 0 Å². The molecule has 0 bridgehead atoms. The summed E-state index contributed by atoms with van der Waals surface area (Å²) < 4.78 is 0. The van der Waals surface area contributed by atoms with E-state index >= 15 is 0 Å². The van der Waals surface area contributed by atoms with E-state index in [1.807, 2.05) is 6.92 Å². The molecule has 0 nitrogen and oxygen atoms in total. The minimum Gasteiger partial charge on any atom is -0.0911 e. The molecular formula is C9H17. The summed E-state index contributed by atoms with van der Waals surface area (Å²) in [5.41, 5.74) is 0.203. The Labute approximate surface area is 59.0 Å². The van der Waals surface area contributed by atoms with Gasteiger partial charge in [0.15, 0.2) is 0 Å². The molecule has 0 aromatic carbocycles. The van der Waals surface area contributed by atoms with Crippen molar-refractivity contribution >= 4 is 0 Å². The summed E-state index contributed by atoms with van der Waals surface area (Å²) in [4.78, 5) is 0. The molecule has 0 fully saturated rings. The number of allylic oxidation sites excluding steroid dienone is 2. The quantitative estimate of drug-likeness (QED) is 0.508. The molecule has 0 rings (SSSR count). The van der Waals surface area contributed by atoms with E-state index in [4.69, 9.17) is 0 Å². The summed E-state index contributed by atoms with van der Waals surface area (Å²) in [5.74, 6) is 0. The van der Waals surface area contributed by atoms with E-state index in [-0.39, 0.29) is 5.41 Å². The maximum absolute atomic E-state index is 4.11. The van der Waals surface area contributed by atoms with Crippen molar-refractivity contribution in [2.75, 3.05) is 0 Å². The highest BCUT2D eigenvalue weighted by atomic mass is 14.2. The third-order valence-electron chi connectivity index (χ3n) is 1.93. The van der Waals surface area contributed by atoms with E-state index in [1.54, 1.807) is 0 Å². The van der Waals surface area contributed by atoms with Gasteiger partial charge in [-0.2, -0.15) is 0 Å². The topological polar surface area (TPSA) is 0 Å². The Morgan fingerprint density at radius 1 is 1.33 bits per heavy atom. The van der Waals surface area contributed by atoms with Gasteiger partial charge in [-0.05, 0) is 32.1 Å². The molecule has 0 unspecified atom stereocenters. The van der Waals surface area contributed by atoms with Crippen molar-refractivity contribution in [3.8, 4) is 0 Å². The second kappa shape index (κ2) is 3.71. The van der Waals surface area contributed by atoms with Gasteiger partial charge in [0.05, 0.1) is 0 Å². The Balaban J connectivity index is 3.92. The van der Waals surface area contributed by atoms with E-state index in [2.05, 4.69) is 32.9 Å². The maximum Gasteiger partial charge on any atom is -0.0123 e. The monoisotopic (exact) mass is 125 g/mol. The van der Waals surface area contributed by atoms with Gasteiger partial charge in [-0.25, -0.2) is 0 Å². The SMILES string of the molecule is [CH2]C(C=CC)(CC)CC.